The second-order valence-electron chi connectivity index (χ2n) is 7.58. The zero-order valence-electron chi connectivity index (χ0n) is 14.6. The molecule has 25 heavy (non-hydrogen) atoms. The van der Waals surface area contributed by atoms with Crippen molar-refractivity contribution >= 4 is 5.91 Å². The molecule has 3 fully saturated rings. The Kier molecular flexibility index (Phi) is 4.95. The number of ether oxygens (including phenoxy) is 2. The lowest BCUT2D eigenvalue weighted by molar-refractivity contribution is -0.0589. The Morgan fingerprint density at radius 3 is 2.72 bits per heavy atom. The van der Waals surface area contributed by atoms with Crippen LogP contribution in [0.2, 0.25) is 0 Å². The van der Waals surface area contributed by atoms with Crippen molar-refractivity contribution in [2.75, 3.05) is 26.4 Å². The molecule has 1 aromatic carbocycles. The fraction of sp³-hybridized carbons (Fsp3) is 0.650. The molecule has 1 aromatic rings. The van der Waals surface area contributed by atoms with Gasteiger partial charge in [-0.1, -0.05) is 0 Å². The van der Waals surface area contributed by atoms with E-state index >= 15 is 0 Å². The summed E-state index contributed by atoms with van der Waals surface area (Å²) in [5, 5.41) is 10.3. The van der Waals surface area contributed by atoms with E-state index in [0.29, 0.717) is 25.2 Å². The van der Waals surface area contributed by atoms with Crippen molar-refractivity contribution < 1.29 is 19.4 Å². The molecule has 2 heterocycles. The van der Waals surface area contributed by atoms with Crippen molar-refractivity contribution in [3.63, 3.8) is 0 Å². The number of aliphatic hydroxyl groups is 1. The average Bonchev–Trinajstić information content (AvgIpc) is 3.35. The van der Waals surface area contributed by atoms with Gasteiger partial charge in [-0.25, -0.2) is 0 Å². The summed E-state index contributed by atoms with van der Waals surface area (Å²) in [6.07, 6.45) is 4.76. The second-order valence-corrected chi connectivity index (χ2v) is 7.58. The molecule has 0 radical (unpaired) electrons. The quantitative estimate of drug-likeness (QED) is 0.891. The minimum Gasteiger partial charge on any atom is -0.493 e. The summed E-state index contributed by atoms with van der Waals surface area (Å²) >= 11 is 0. The first-order valence-electron chi connectivity index (χ1n) is 9.52. The van der Waals surface area contributed by atoms with Crippen molar-refractivity contribution in [2.45, 2.75) is 44.2 Å². The van der Waals surface area contributed by atoms with Gasteiger partial charge in [-0.05, 0) is 62.3 Å². The summed E-state index contributed by atoms with van der Waals surface area (Å²) < 4.78 is 11.3. The van der Waals surface area contributed by atoms with Gasteiger partial charge in [0.25, 0.3) is 5.91 Å². The minimum absolute atomic E-state index is 0.0290. The lowest BCUT2D eigenvalue weighted by atomic mass is 9.89. The van der Waals surface area contributed by atoms with Crippen LogP contribution < -0.4 is 4.74 Å². The van der Waals surface area contributed by atoms with Gasteiger partial charge >= 0.3 is 0 Å². The van der Waals surface area contributed by atoms with Gasteiger partial charge in [0, 0.05) is 30.7 Å². The zero-order chi connectivity index (χ0) is 17.2. The van der Waals surface area contributed by atoms with Crippen LogP contribution in [0.4, 0.5) is 0 Å². The van der Waals surface area contributed by atoms with Gasteiger partial charge < -0.3 is 19.5 Å². The molecular formula is C20H27NO4. The van der Waals surface area contributed by atoms with Crippen LogP contribution in [-0.4, -0.2) is 54.4 Å². The van der Waals surface area contributed by atoms with Crippen LogP contribution in [0.25, 0.3) is 0 Å². The summed E-state index contributed by atoms with van der Waals surface area (Å²) in [5.74, 6) is 1.63. The summed E-state index contributed by atoms with van der Waals surface area (Å²) in [6.45, 7) is 2.69. The molecule has 1 saturated carbocycles. The molecule has 1 N–H and O–H groups in total. The van der Waals surface area contributed by atoms with Gasteiger partial charge in [0.2, 0.25) is 0 Å². The monoisotopic (exact) mass is 345 g/mol. The van der Waals surface area contributed by atoms with Crippen LogP contribution >= 0.6 is 0 Å². The Morgan fingerprint density at radius 1 is 1.20 bits per heavy atom. The Bertz CT molecular complexity index is 598. The second kappa shape index (κ2) is 7.34. The number of likely N-dealkylation sites (tertiary alicyclic amines) is 1. The largest absolute Gasteiger partial charge is 0.493 e. The van der Waals surface area contributed by atoms with E-state index < -0.39 is 0 Å². The highest BCUT2D eigenvalue weighted by Gasteiger charge is 2.39. The Labute approximate surface area is 148 Å². The predicted molar refractivity (Wildman–Crippen MR) is 93.7 cm³/mol. The maximum absolute atomic E-state index is 13.0. The van der Waals surface area contributed by atoms with Crippen LogP contribution in [0.3, 0.4) is 0 Å². The Morgan fingerprint density at radius 2 is 2.00 bits per heavy atom. The van der Waals surface area contributed by atoms with Gasteiger partial charge in [-0.15, -0.1) is 0 Å². The van der Waals surface area contributed by atoms with Crippen molar-refractivity contribution in [3.8, 4) is 5.75 Å². The Balaban J connectivity index is 1.41. The number of hydrogen-bond acceptors (Lipinski definition) is 4. The van der Waals surface area contributed by atoms with Crippen molar-refractivity contribution in [1.29, 1.82) is 0 Å². The third-order valence-electron chi connectivity index (χ3n) is 5.70. The molecule has 0 aromatic heterocycles. The predicted octanol–water partition coefficient (Wildman–Crippen LogP) is 2.48. The molecule has 2 saturated heterocycles. The van der Waals surface area contributed by atoms with Gasteiger partial charge in [0.15, 0.2) is 0 Å². The molecule has 3 aliphatic rings. The third kappa shape index (κ3) is 3.82. The smallest absolute Gasteiger partial charge is 0.254 e. The maximum Gasteiger partial charge on any atom is 0.254 e. The molecule has 5 nitrogen and oxygen atoms in total. The lowest BCUT2D eigenvalue weighted by Crippen LogP contribution is -2.48. The van der Waals surface area contributed by atoms with E-state index in [1.807, 2.05) is 29.2 Å². The highest BCUT2D eigenvalue weighted by atomic mass is 16.5. The summed E-state index contributed by atoms with van der Waals surface area (Å²) in [7, 11) is 0. The van der Waals surface area contributed by atoms with E-state index in [-0.39, 0.29) is 24.0 Å². The van der Waals surface area contributed by atoms with E-state index in [9.17, 15) is 9.90 Å². The number of carbonyl (C=O) groups excluding carboxylic acids is 1. The number of benzene rings is 1. The van der Waals surface area contributed by atoms with Crippen LogP contribution in [0.15, 0.2) is 24.3 Å². The normalized spacial score (nSPS) is 29.6. The standard InChI is InChI=1S/C20H27NO4/c22-19-9-11-24-13-17(19)18-2-1-10-21(18)20(23)15-5-7-16(8-6-15)25-12-14-3-4-14/h5-8,14,17-19,22H,1-4,9-13H2/t17-,18+,19-/m0/s1. The van der Waals surface area contributed by atoms with E-state index in [1.54, 1.807) is 0 Å². The van der Waals surface area contributed by atoms with E-state index in [1.165, 1.54) is 12.8 Å². The van der Waals surface area contributed by atoms with E-state index in [0.717, 1.165) is 37.7 Å². The van der Waals surface area contributed by atoms with Crippen LogP contribution in [0, 0.1) is 11.8 Å². The molecule has 136 valence electrons. The van der Waals surface area contributed by atoms with Crippen molar-refractivity contribution in [2.24, 2.45) is 11.8 Å². The van der Waals surface area contributed by atoms with Gasteiger partial charge in [-0.3, -0.25) is 4.79 Å². The van der Waals surface area contributed by atoms with E-state index in [2.05, 4.69) is 0 Å². The van der Waals surface area contributed by atoms with Crippen molar-refractivity contribution in [1.82, 2.24) is 4.90 Å². The molecule has 3 atom stereocenters. The lowest BCUT2D eigenvalue weighted by Gasteiger charge is -2.37. The van der Waals surface area contributed by atoms with Crippen molar-refractivity contribution in [3.05, 3.63) is 29.8 Å². The molecule has 1 amide bonds. The first-order valence-corrected chi connectivity index (χ1v) is 9.52. The fourth-order valence-electron chi connectivity index (χ4n) is 3.96. The molecule has 1 aliphatic carbocycles. The molecule has 5 heteroatoms. The third-order valence-corrected chi connectivity index (χ3v) is 5.70. The number of rotatable bonds is 5. The summed E-state index contributed by atoms with van der Waals surface area (Å²) in [5.41, 5.74) is 0.692. The average molecular weight is 345 g/mol. The zero-order valence-corrected chi connectivity index (χ0v) is 14.6. The van der Waals surface area contributed by atoms with Gasteiger partial charge in [0.1, 0.15) is 5.75 Å². The number of aliphatic hydroxyl groups excluding tert-OH is 1. The number of nitrogens with zero attached hydrogens (tertiary/aromatic N) is 1. The summed E-state index contributed by atoms with van der Waals surface area (Å²) in [4.78, 5) is 14.9. The molecular weight excluding hydrogens is 318 g/mol. The van der Waals surface area contributed by atoms with E-state index in [4.69, 9.17) is 9.47 Å². The van der Waals surface area contributed by atoms with Gasteiger partial charge in [-0.2, -0.15) is 0 Å². The molecule has 2 aliphatic heterocycles. The molecule has 0 unspecified atom stereocenters. The number of hydrogen-bond donors (Lipinski definition) is 1. The molecule has 0 bridgehead atoms. The SMILES string of the molecule is O=C(c1ccc(OCC2CC2)cc1)N1CCC[C@@H]1[C@@H]1COCC[C@@H]1O. The van der Waals surface area contributed by atoms with Crippen LogP contribution in [0.5, 0.6) is 5.75 Å². The molecule has 4 rings (SSSR count). The highest BCUT2D eigenvalue weighted by molar-refractivity contribution is 5.94. The Hall–Kier alpha value is -1.59. The summed E-state index contributed by atoms with van der Waals surface area (Å²) in [6, 6.07) is 7.56. The van der Waals surface area contributed by atoms with Gasteiger partial charge in [0.05, 0.1) is 19.3 Å². The van der Waals surface area contributed by atoms with Crippen LogP contribution in [0.1, 0.15) is 42.5 Å². The topological polar surface area (TPSA) is 59.0 Å². The first-order chi connectivity index (χ1) is 12.2. The number of amides is 1. The molecule has 0 spiro atoms. The fourth-order valence-corrected chi connectivity index (χ4v) is 3.96. The van der Waals surface area contributed by atoms with Crippen LogP contribution in [-0.2, 0) is 4.74 Å². The first kappa shape index (κ1) is 16.9. The highest BCUT2D eigenvalue weighted by Crippen LogP contribution is 2.32. The minimum atomic E-state index is -0.370. The number of carbonyl (C=O) groups is 1. The maximum atomic E-state index is 13.0.